The van der Waals surface area contributed by atoms with Crippen LogP contribution in [0.5, 0.6) is 5.75 Å². The van der Waals surface area contributed by atoms with Gasteiger partial charge in [-0.25, -0.2) is 4.79 Å². The Bertz CT molecular complexity index is 1140. The third-order valence-electron chi connectivity index (χ3n) is 6.08. The summed E-state index contributed by atoms with van der Waals surface area (Å²) in [4.78, 5) is 14.4. The van der Waals surface area contributed by atoms with E-state index in [4.69, 9.17) is 31.5 Å². The lowest BCUT2D eigenvalue weighted by molar-refractivity contribution is 0.0358. The van der Waals surface area contributed by atoms with Crippen LogP contribution in [0.3, 0.4) is 0 Å². The molecule has 0 spiro atoms. The molecule has 3 N–H and O–H groups in total. The van der Waals surface area contributed by atoms with Crippen molar-refractivity contribution in [1.29, 1.82) is 0 Å². The molecular formula is C26H33ClN4O4. The van der Waals surface area contributed by atoms with Gasteiger partial charge in [0.05, 0.1) is 42.6 Å². The molecule has 1 aromatic heterocycles. The van der Waals surface area contributed by atoms with Gasteiger partial charge in [-0.2, -0.15) is 0 Å². The maximum Gasteiger partial charge on any atom is 0.411 e. The van der Waals surface area contributed by atoms with E-state index in [1.165, 1.54) is 0 Å². The van der Waals surface area contributed by atoms with Crippen LogP contribution in [0.1, 0.15) is 13.3 Å². The maximum absolute atomic E-state index is 11.9. The predicted molar refractivity (Wildman–Crippen MR) is 141 cm³/mol. The van der Waals surface area contributed by atoms with E-state index in [1.54, 1.807) is 0 Å². The van der Waals surface area contributed by atoms with Crippen molar-refractivity contribution in [2.45, 2.75) is 19.9 Å². The number of ether oxygens (including phenoxy) is 3. The van der Waals surface area contributed by atoms with Crippen LogP contribution in [-0.4, -0.2) is 67.5 Å². The van der Waals surface area contributed by atoms with Crippen molar-refractivity contribution < 1.29 is 19.0 Å². The Hall–Kier alpha value is -2.94. The summed E-state index contributed by atoms with van der Waals surface area (Å²) in [6.45, 7) is 8.25. The van der Waals surface area contributed by atoms with E-state index in [2.05, 4.69) is 27.8 Å². The van der Waals surface area contributed by atoms with Crippen molar-refractivity contribution >= 4 is 40.0 Å². The number of nitrogen functional groups attached to an aromatic ring is 1. The molecule has 188 valence electrons. The number of aromatic nitrogens is 1. The van der Waals surface area contributed by atoms with E-state index in [9.17, 15) is 4.79 Å². The van der Waals surface area contributed by atoms with Gasteiger partial charge in [0.25, 0.3) is 0 Å². The first-order chi connectivity index (χ1) is 17.1. The first-order valence-corrected chi connectivity index (χ1v) is 12.6. The molecule has 1 aliphatic rings. The minimum Gasteiger partial charge on any atom is -0.493 e. The number of carbonyl (C=O) groups is 1. The summed E-state index contributed by atoms with van der Waals surface area (Å²) in [7, 11) is 0. The zero-order chi connectivity index (χ0) is 24.6. The maximum atomic E-state index is 11.9. The highest BCUT2D eigenvalue weighted by Crippen LogP contribution is 2.38. The van der Waals surface area contributed by atoms with Gasteiger partial charge in [0.1, 0.15) is 12.4 Å². The fraction of sp³-hybridized carbons (Fsp3) is 0.423. The van der Waals surface area contributed by atoms with Crippen LogP contribution >= 0.6 is 11.6 Å². The van der Waals surface area contributed by atoms with Gasteiger partial charge in [0, 0.05) is 48.9 Å². The van der Waals surface area contributed by atoms with Gasteiger partial charge in [0.2, 0.25) is 0 Å². The number of halogens is 1. The van der Waals surface area contributed by atoms with Crippen molar-refractivity contribution in [3.05, 3.63) is 42.5 Å². The summed E-state index contributed by atoms with van der Waals surface area (Å²) in [5, 5.41) is 3.71. The number of benzene rings is 2. The lowest BCUT2D eigenvalue weighted by atomic mass is 10.1. The fourth-order valence-corrected chi connectivity index (χ4v) is 4.50. The predicted octanol–water partition coefficient (Wildman–Crippen LogP) is 4.80. The van der Waals surface area contributed by atoms with Crippen molar-refractivity contribution in [2.24, 2.45) is 0 Å². The molecule has 1 amide bonds. The summed E-state index contributed by atoms with van der Waals surface area (Å²) in [5.74, 6) is 1.08. The zero-order valence-electron chi connectivity index (χ0n) is 20.1. The number of rotatable bonds is 10. The second-order valence-corrected chi connectivity index (χ2v) is 8.75. The summed E-state index contributed by atoms with van der Waals surface area (Å²) in [6.07, 6.45) is 0.426. The van der Waals surface area contributed by atoms with Crippen LogP contribution in [0.15, 0.2) is 42.5 Å². The number of aryl methyl sites for hydroxylation is 1. The Labute approximate surface area is 210 Å². The minimum atomic E-state index is -0.540. The molecule has 0 unspecified atom stereocenters. The summed E-state index contributed by atoms with van der Waals surface area (Å²) in [5.41, 5.74) is 10.8. The van der Waals surface area contributed by atoms with Crippen LogP contribution in [0.4, 0.5) is 16.2 Å². The third kappa shape index (κ3) is 6.20. The molecule has 4 rings (SSSR count). The quantitative estimate of drug-likeness (QED) is 0.307. The molecule has 9 heteroatoms. The molecule has 0 aliphatic carbocycles. The normalized spacial score (nSPS) is 14.2. The SMILES string of the molecule is CCn1c(-c2cccc(NC(=O)OCCCl)c2)c(N)c2ccc(OCCCN3CCOCC3)cc21. The second-order valence-electron chi connectivity index (χ2n) is 8.37. The van der Waals surface area contributed by atoms with Gasteiger partial charge in [-0.15, -0.1) is 11.6 Å². The standard InChI is InChI=1S/C26H33ClN4O4/c1-2-31-23-18-21(34-13-4-10-30-11-15-33-16-12-30)7-8-22(23)24(28)25(31)19-5-3-6-20(17-19)29-26(32)35-14-9-27/h3,5-8,17-18H,2,4,9-16,28H2,1H3,(H,29,32). The van der Waals surface area contributed by atoms with E-state index >= 15 is 0 Å². The molecule has 0 radical (unpaired) electrons. The molecule has 8 nitrogen and oxygen atoms in total. The van der Waals surface area contributed by atoms with Gasteiger partial charge in [-0.1, -0.05) is 12.1 Å². The lowest BCUT2D eigenvalue weighted by Crippen LogP contribution is -2.37. The number of anilines is 2. The van der Waals surface area contributed by atoms with E-state index in [-0.39, 0.29) is 12.5 Å². The van der Waals surface area contributed by atoms with Crippen molar-refractivity contribution in [3.63, 3.8) is 0 Å². The number of nitrogens with zero attached hydrogens (tertiary/aromatic N) is 2. The number of alkyl halides is 1. The zero-order valence-corrected chi connectivity index (χ0v) is 20.9. The number of hydrogen-bond donors (Lipinski definition) is 2. The van der Waals surface area contributed by atoms with Crippen LogP contribution in [0, 0.1) is 0 Å². The Morgan fingerprint density at radius 2 is 2.00 bits per heavy atom. The number of nitrogens with two attached hydrogens (primary N) is 1. The van der Waals surface area contributed by atoms with Crippen LogP contribution in [-0.2, 0) is 16.0 Å². The Balaban J connectivity index is 1.50. The van der Waals surface area contributed by atoms with Crippen LogP contribution < -0.4 is 15.8 Å². The molecule has 1 aliphatic heterocycles. The molecule has 0 saturated carbocycles. The van der Waals surface area contributed by atoms with Gasteiger partial charge in [0.15, 0.2) is 0 Å². The number of hydrogen-bond acceptors (Lipinski definition) is 6. The number of nitrogens with one attached hydrogen (secondary N) is 1. The van der Waals surface area contributed by atoms with E-state index in [0.29, 0.717) is 18.0 Å². The lowest BCUT2D eigenvalue weighted by Gasteiger charge is -2.26. The van der Waals surface area contributed by atoms with E-state index in [0.717, 1.165) is 73.7 Å². The molecule has 0 bridgehead atoms. The molecule has 1 fully saturated rings. The molecular weight excluding hydrogens is 468 g/mol. The second kappa shape index (κ2) is 12.2. The van der Waals surface area contributed by atoms with Gasteiger partial charge >= 0.3 is 6.09 Å². The Morgan fingerprint density at radius 3 is 2.77 bits per heavy atom. The Kier molecular flexibility index (Phi) is 8.74. The molecule has 0 atom stereocenters. The topological polar surface area (TPSA) is 91.0 Å². The Morgan fingerprint density at radius 1 is 1.17 bits per heavy atom. The number of carbonyl (C=O) groups excluding carboxylic acids is 1. The first-order valence-electron chi connectivity index (χ1n) is 12.1. The molecule has 1 saturated heterocycles. The summed E-state index contributed by atoms with van der Waals surface area (Å²) in [6, 6.07) is 13.6. The number of fused-ring (bicyclic) bond motifs is 1. The smallest absolute Gasteiger partial charge is 0.411 e. The molecule has 35 heavy (non-hydrogen) atoms. The number of amides is 1. The minimum absolute atomic E-state index is 0.154. The highest BCUT2D eigenvalue weighted by atomic mass is 35.5. The highest BCUT2D eigenvalue weighted by Gasteiger charge is 2.17. The highest BCUT2D eigenvalue weighted by molar-refractivity contribution is 6.18. The van der Waals surface area contributed by atoms with Gasteiger partial charge < -0.3 is 24.5 Å². The van der Waals surface area contributed by atoms with Crippen molar-refractivity contribution in [1.82, 2.24) is 9.47 Å². The van der Waals surface area contributed by atoms with Crippen LogP contribution in [0.2, 0.25) is 0 Å². The van der Waals surface area contributed by atoms with E-state index < -0.39 is 6.09 Å². The average Bonchev–Trinajstić information content (AvgIpc) is 3.17. The van der Waals surface area contributed by atoms with Crippen molar-refractivity contribution in [3.8, 4) is 17.0 Å². The van der Waals surface area contributed by atoms with Gasteiger partial charge in [-0.3, -0.25) is 10.2 Å². The van der Waals surface area contributed by atoms with Gasteiger partial charge in [-0.05, 0) is 37.6 Å². The monoisotopic (exact) mass is 500 g/mol. The fourth-order valence-electron chi connectivity index (χ4n) is 4.42. The number of morpholine rings is 1. The largest absolute Gasteiger partial charge is 0.493 e. The van der Waals surface area contributed by atoms with Crippen LogP contribution in [0.25, 0.3) is 22.2 Å². The third-order valence-corrected chi connectivity index (χ3v) is 6.23. The molecule has 2 aromatic carbocycles. The molecule has 2 heterocycles. The first kappa shape index (κ1) is 25.2. The molecule has 3 aromatic rings. The summed E-state index contributed by atoms with van der Waals surface area (Å²) < 4.78 is 18.7. The average molecular weight is 501 g/mol. The van der Waals surface area contributed by atoms with E-state index in [1.807, 2.05) is 36.4 Å². The summed E-state index contributed by atoms with van der Waals surface area (Å²) >= 11 is 5.59. The van der Waals surface area contributed by atoms with Crippen molar-refractivity contribution in [2.75, 3.05) is 63.0 Å².